The van der Waals surface area contributed by atoms with Crippen molar-refractivity contribution < 1.29 is 81.1 Å². The Kier molecular flexibility index (Phi) is 38.6. The molecule has 90 heavy (non-hydrogen) atoms. The van der Waals surface area contributed by atoms with Crippen molar-refractivity contribution in [1.29, 1.82) is 0 Å². The second-order valence-corrected chi connectivity index (χ2v) is 21.1. The van der Waals surface area contributed by atoms with Crippen molar-refractivity contribution in [2.45, 2.75) is 38.5 Å². The van der Waals surface area contributed by atoms with E-state index in [0.29, 0.717) is 191 Å². The van der Waals surface area contributed by atoms with Crippen molar-refractivity contribution in [1.82, 2.24) is 5.48 Å². The van der Waals surface area contributed by atoms with Gasteiger partial charge in [0.25, 0.3) is 5.91 Å². The van der Waals surface area contributed by atoms with Crippen LogP contribution < -0.4 is 10.4 Å². The van der Waals surface area contributed by atoms with Gasteiger partial charge in [-0.2, -0.15) is 0 Å². The number of nitrogens with one attached hydrogen (secondary N) is 1. The van der Waals surface area contributed by atoms with Crippen LogP contribution in [0, 0.1) is 0 Å². The Morgan fingerprint density at radius 2 is 0.944 bits per heavy atom. The van der Waals surface area contributed by atoms with Crippen molar-refractivity contribution in [3.63, 3.8) is 0 Å². The maximum atomic E-state index is 10.8. The minimum atomic E-state index is -0.667. The summed E-state index contributed by atoms with van der Waals surface area (Å²) in [4.78, 5) is 32.1. The Morgan fingerprint density at radius 3 is 1.47 bits per heavy atom. The molecule has 0 radical (unpaired) electrons. The monoisotopic (exact) mass is 1250 g/mol. The first kappa shape index (κ1) is 74.4. The number of fused-ring (bicyclic) bond motifs is 4. The van der Waals surface area contributed by atoms with Crippen LogP contribution in [0.15, 0.2) is 149 Å². The molecule has 0 bridgehead atoms. The van der Waals surface area contributed by atoms with Crippen molar-refractivity contribution in [2.75, 3.05) is 203 Å². The van der Waals surface area contributed by atoms with E-state index in [1.807, 2.05) is 12.2 Å². The van der Waals surface area contributed by atoms with Gasteiger partial charge in [0.05, 0.1) is 191 Å². The van der Waals surface area contributed by atoms with E-state index in [4.69, 9.17) is 76.5 Å². The molecule has 4 aromatic carbocycles. The van der Waals surface area contributed by atoms with E-state index in [1.165, 1.54) is 61.9 Å². The number of hydrogen-bond acceptors (Lipinski definition) is 20. The molecule has 0 aromatic heterocycles. The number of allylic oxidation sites excluding steroid dienone is 8. The van der Waals surface area contributed by atoms with Gasteiger partial charge in [-0.05, 0) is 50.9 Å². The standard InChI is InChI=1S/C69H96N4O17/c1-68(2,62-20-14-17-58-15-10-12-18-60(58)62)64(21-8-6-5-7-9-22-65-69(3,4)67-61-19-13-11-16-59(61)23-24-63(67)73(65)28-32-80-36-34-78-30-26-70-57-74)71-27-31-79-35-38-82-40-42-84-44-46-86-48-50-88-52-54-90-56-55-89-53-51-87-49-47-85-45-43-83-41-39-81-37-33-77-29-25-66(75)72-76/h5-25,29,76H,26-28,30-56H2,1-4H3,(H,72,75)/b6-5?,9-7?,21-8?,29-25+,65-22?,71-64?. The number of benzene rings is 4. The second kappa shape index (κ2) is 46.7. The number of aliphatic imine (C=N–C) groups is 2. The van der Waals surface area contributed by atoms with E-state index < -0.39 is 11.3 Å². The van der Waals surface area contributed by atoms with Crippen LogP contribution in [0.4, 0.5) is 5.69 Å². The van der Waals surface area contributed by atoms with Crippen LogP contribution in [0.5, 0.6) is 0 Å². The highest BCUT2D eigenvalue weighted by molar-refractivity contribution is 6.06. The predicted octanol–water partition coefficient (Wildman–Crippen LogP) is 8.65. The zero-order valence-corrected chi connectivity index (χ0v) is 53.2. The highest BCUT2D eigenvalue weighted by Crippen LogP contribution is 2.50. The maximum Gasteiger partial charge on any atom is 0.270 e. The summed E-state index contributed by atoms with van der Waals surface area (Å²) >= 11 is 0. The zero-order chi connectivity index (χ0) is 63.8. The van der Waals surface area contributed by atoms with Gasteiger partial charge < -0.3 is 71.2 Å². The first-order valence-electron chi connectivity index (χ1n) is 31.0. The van der Waals surface area contributed by atoms with Crippen LogP contribution in [0.1, 0.15) is 38.8 Å². The molecule has 0 atom stereocenters. The molecule has 1 aliphatic heterocycles. The molecular weight excluding hydrogens is 1160 g/mol. The Balaban J connectivity index is 0.898. The minimum absolute atomic E-state index is 0.258. The molecule has 0 saturated carbocycles. The first-order chi connectivity index (χ1) is 44.2. The number of nitrogens with zero attached hydrogens (tertiary/aromatic N) is 3. The quantitative estimate of drug-likeness (QED) is 0.00617. The van der Waals surface area contributed by atoms with Gasteiger partial charge in [0.1, 0.15) is 6.61 Å². The summed E-state index contributed by atoms with van der Waals surface area (Å²) in [6.45, 7) is 22.5. The van der Waals surface area contributed by atoms with Crippen LogP contribution in [0.3, 0.4) is 0 Å². The summed E-state index contributed by atoms with van der Waals surface area (Å²) in [5.41, 5.74) is 6.65. The predicted molar refractivity (Wildman–Crippen MR) is 348 cm³/mol. The highest BCUT2D eigenvalue weighted by Gasteiger charge is 2.41. The SMILES string of the molecule is CC(C)(C(C=CC=CC=CC=C1N(CCOCCOCCN=C=O)c2ccc3ccccc3c2C1(C)C)=NCCOCCOCCOCCOCCOCCOCCOCCOCCOCCOCCOCCO/C=C/C(=O)NO)c1cccc2ccccc12. The van der Waals surface area contributed by atoms with Gasteiger partial charge in [-0.1, -0.05) is 131 Å². The molecule has 1 amide bonds. The number of ether oxygens (including phenoxy) is 14. The molecule has 4 aromatic rings. The molecule has 0 spiro atoms. The molecule has 0 saturated heterocycles. The average molecular weight is 1250 g/mol. The Morgan fingerprint density at radius 1 is 0.511 bits per heavy atom. The zero-order valence-electron chi connectivity index (χ0n) is 53.2. The van der Waals surface area contributed by atoms with Gasteiger partial charge in [-0.3, -0.25) is 15.0 Å². The number of hydrogen-bond donors (Lipinski definition) is 2. The van der Waals surface area contributed by atoms with Crippen LogP contribution in [-0.4, -0.2) is 221 Å². The van der Waals surface area contributed by atoms with E-state index in [0.717, 1.165) is 11.8 Å². The molecule has 0 unspecified atom stereocenters. The van der Waals surface area contributed by atoms with E-state index in [1.54, 1.807) is 0 Å². The van der Waals surface area contributed by atoms with Gasteiger partial charge in [0.15, 0.2) is 0 Å². The van der Waals surface area contributed by atoms with Gasteiger partial charge in [-0.25, -0.2) is 15.3 Å². The topological polar surface area (TPSA) is 224 Å². The van der Waals surface area contributed by atoms with Crippen molar-refractivity contribution in [3.05, 3.63) is 151 Å². The summed E-state index contributed by atoms with van der Waals surface area (Å²) < 4.78 is 78.0. The van der Waals surface area contributed by atoms with Crippen molar-refractivity contribution >= 4 is 44.9 Å². The number of hydroxylamine groups is 1. The molecule has 0 aliphatic carbocycles. The maximum absolute atomic E-state index is 10.8. The van der Waals surface area contributed by atoms with Crippen LogP contribution in [0.2, 0.25) is 0 Å². The van der Waals surface area contributed by atoms with Gasteiger partial charge in [0, 0.05) is 40.5 Å². The third kappa shape index (κ3) is 28.9. The Hall–Kier alpha value is -6.34. The number of rotatable bonds is 53. The summed E-state index contributed by atoms with van der Waals surface area (Å²) in [7, 11) is 0. The smallest absolute Gasteiger partial charge is 0.270 e. The van der Waals surface area contributed by atoms with Crippen LogP contribution in [-0.2, 0) is 86.7 Å². The third-order valence-electron chi connectivity index (χ3n) is 14.1. The number of isocyanates is 1. The number of carbonyl (C=O) groups is 1. The molecule has 1 aliphatic rings. The minimum Gasteiger partial charge on any atom is -0.499 e. The number of anilines is 1. The average Bonchev–Trinajstić information content (AvgIpc) is 1.57. The van der Waals surface area contributed by atoms with E-state index in [2.05, 4.69) is 147 Å². The van der Waals surface area contributed by atoms with Crippen LogP contribution >= 0.6 is 0 Å². The second-order valence-electron chi connectivity index (χ2n) is 21.1. The third-order valence-corrected chi connectivity index (χ3v) is 14.1. The van der Waals surface area contributed by atoms with Crippen molar-refractivity contribution in [3.8, 4) is 0 Å². The fourth-order valence-corrected chi connectivity index (χ4v) is 9.62. The molecular formula is C69H96N4O17. The van der Waals surface area contributed by atoms with Gasteiger partial charge in [-0.15, -0.1) is 0 Å². The number of carbonyl (C=O) groups excluding carboxylic acids is 2. The fourth-order valence-electron chi connectivity index (χ4n) is 9.62. The van der Waals surface area contributed by atoms with Gasteiger partial charge >= 0.3 is 0 Å². The molecule has 21 nitrogen and oxygen atoms in total. The normalized spacial score (nSPS) is 14.0. The number of amides is 1. The molecule has 494 valence electrons. The lowest BCUT2D eigenvalue weighted by molar-refractivity contribution is -0.124. The lowest BCUT2D eigenvalue weighted by Gasteiger charge is -2.27. The first-order valence-corrected chi connectivity index (χ1v) is 31.0. The fraction of sp³-hybridized carbons (Fsp3) is 0.522. The molecule has 2 N–H and O–H groups in total. The summed E-state index contributed by atoms with van der Waals surface area (Å²) in [5, 5.41) is 13.2. The van der Waals surface area contributed by atoms with Gasteiger partial charge in [0.2, 0.25) is 6.08 Å². The molecule has 0 fully saturated rings. The molecule has 21 heteroatoms. The summed E-state index contributed by atoms with van der Waals surface area (Å²) in [6.07, 6.45) is 18.4. The van der Waals surface area contributed by atoms with Crippen molar-refractivity contribution in [2.24, 2.45) is 9.98 Å². The molecule has 5 rings (SSSR count). The lowest BCUT2D eigenvalue weighted by atomic mass is 9.77. The molecule has 1 heterocycles. The van der Waals surface area contributed by atoms with E-state index in [-0.39, 0.29) is 12.0 Å². The highest BCUT2D eigenvalue weighted by atomic mass is 16.6. The largest absolute Gasteiger partial charge is 0.499 e. The van der Waals surface area contributed by atoms with Crippen LogP contribution in [0.25, 0.3) is 21.5 Å². The summed E-state index contributed by atoms with van der Waals surface area (Å²) in [6, 6.07) is 27.9. The Bertz CT molecular complexity index is 2840. The Labute approximate surface area is 531 Å². The lowest BCUT2D eigenvalue weighted by Crippen LogP contribution is -2.29. The van der Waals surface area contributed by atoms with E-state index >= 15 is 0 Å². The summed E-state index contributed by atoms with van der Waals surface area (Å²) in [5.74, 6) is -0.667. The van der Waals surface area contributed by atoms with E-state index in [9.17, 15) is 9.59 Å².